The van der Waals surface area contributed by atoms with Crippen LogP contribution < -0.4 is 4.90 Å². The number of hydrogen-bond acceptors (Lipinski definition) is 2. The first-order chi connectivity index (χ1) is 30.3. The topological polar surface area (TPSA) is 3.24 Å². The molecule has 0 atom stereocenters. The highest BCUT2D eigenvalue weighted by atomic mass is 32.1. The van der Waals surface area contributed by atoms with E-state index in [9.17, 15) is 0 Å². The Hall–Kier alpha value is -7.00. The Morgan fingerprint density at radius 1 is 0.339 bits per heavy atom. The Labute approximate surface area is 368 Å². The van der Waals surface area contributed by atoms with Crippen LogP contribution in [0.3, 0.4) is 0 Å². The summed E-state index contributed by atoms with van der Waals surface area (Å²) in [5, 5.41) is 2.65. The maximum absolute atomic E-state index is 2.48. The minimum absolute atomic E-state index is 0.0393. The van der Waals surface area contributed by atoms with Gasteiger partial charge >= 0.3 is 0 Å². The number of hydrogen-bond donors (Lipinski definition) is 0. The second-order valence-corrected chi connectivity index (χ2v) is 19.1. The fourth-order valence-electron chi connectivity index (χ4n) is 10.8. The summed E-state index contributed by atoms with van der Waals surface area (Å²) in [5.74, 6) is 0. The molecule has 1 aromatic heterocycles. The van der Waals surface area contributed by atoms with Gasteiger partial charge in [-0.25, -0.2) is 0 Å². The Morgan fingerprint density at radius 3 is 1.65 bits per heavy atom. The van der Waals surface area contributed by atoms with Crippen molar-refractivity contribution in [3.8, 4) is 55.6 Å². The molecule has 2 heteroatoms. The molecule has 0 unspecified atom stereocenters. The number of thiophene rings is 1. The summed E-state index contributed by atoms with van der Waals surface area (Å²) in [6, 6.07) is 74.8. The highest BCUT2D eigenvalue weighted by Gasteiger charge is 2.37. The fraction of sp³-hybridized carbons (Fsp3) is 0.100. The van der Waals surface area contributed by atoms with Crippen molar-refractivity contribution in [1.82, 2.24) is 0 Å². The van der Waals surface area contributed by atoms with E-state index in [2.05, 4.69) is 233 Å². The maximum atomic E-state index is 2.48. The van der Waals surface area contributed by atoms with E-state index in [4.69, 9.17) is 0 Å². The molecule has 10 aromatic rings. The van der Waals surface area contributed by atoms with Crippen LogP contribution in [0.4, 0.5) is 17.1 Å². The Balaban J connectivity index is 1.03. The van der Waals surface area contributed by atoms with Crippen LogP contribution in [-0.2, 0) is 10.8 Å². The third kappa shape index (κ3) is 5.46. The molecule has 0 N–H and O–H groups in total. The highest BCUT2D eigenvalue weighted by Crippen LogP contribution is 2.53. The zero-order chi connectivity index (χ0) is 41.7. The second-order valence-electron chi connectivity index (χ2n) is 18.1. The predicted octanol–water partition coefficient (Wildman–Crippen LogP) is 17.1. The molecule has 0 spiro atoms. The van der Waals surface area contributed by atoms with Gasteiger partial charge < -0.3 is 4.90 Å². The van der Waals surface area contributed by atoms with Crippen molar-refractivity contribution in [2.45, 2.75) is 38.5 Å². The molecular weight excluding hydrogens is 767 g/mol. The quantitative estimate of drug-likeness (QED) is 0.162. The lowest BCUT2D eigenvalue weighted by Crippen LogP contribution is -2.17. The average Bonchev–Trinajstić information content (AvgIpc) is 3.89. The van der Waals surface area contributed by atoms with Crippen molar-refractivity contribution in [1.29, 1.82) is 0 Å². The molecule has 1 nitrogen and oxygen atoms in total. The standard InChI is InChI=1S/C60H45NS/c1-59(2)52-24-12-8-19-46(52)50-36-39(30-35-53(50)59)42-16-5-6-17-44(42)48-20-9-13-25-55(48)61(41-33-34-47-45-18-7-11-23-51(45)60(3,4)54(47)37-41)40-31-28-38(29-32-40)43-22-15-27-57-58(43)49-21-10-14-26-56(49)62-57/h5-37H,1-4H3. The van der Waals surface area contributed by atoms with Gasteiger partial charge in [0.2, 0.25) is 0 Å². The number of benzene rings is 9. The maximum Gasteiger partial charge on any atom is 0.0540 e. The molecule has 12 rings (SSSR count). The molecular formula is C60H45NS. The van der Waals surface area contributed by atoms with Gasteiger partial charge in [0, 0.05) is 47.9 Å². The van der Waals surface area contributed by atoms with Gasteiger partial charge in [0.15, 0.2) is 0 Å². The molecule has 0 saturated heterocycles. The van der Waals surface area contributed by atoms with Gasteiger partial charge in [-0.3, -0.25) is 0 Å². The van der Waals surface area contributed by atoms with Gasteiger partial charge in [0.05, 0.1) is 5.69 Å². The Kier molecular flexibility index (Phi) is 8.17. The first kappa shape index (κ1) is 36.8. The zero-order valence-electron chi connectivity index (χ0n) is 35.4. The molecule has 2 aliphatic rings. The van der Waals surface area contributed by atoms with Gasteiger partial charge in [0.1, 0.15) is 0 Å². The number of anilines is 3. The molecule has 62 heavy (non-hydrogen) atoms. The number of fused-ring (bicyclic) bond motifs is 9. The first-order valence-corrected chi connectivity index (χ1v) is 22.6. The van der Waals surface area contributed by atoms with Gasteiger partial charge in [-0.05, 0) is 121 Å². The van der Waals surface area contributed by atoms with Crippen LogP contribution in [0.25, 0.3) is 75.8 Å². The number of nitrogens with zero attached hydrogens (tertiary/aromatic N) is 1. The highest BCUT2D eigenvalue weighted by molar-refractivity contribution is 7.25. The van der Waals surface area contributed by atoms with E-state index in [1.54, 1.807) is 0 Å². The lowest BCUT2D eigenvalue weighted by atomic mass is 9.82. The first-order valence-electron chi connectivity index (χ1n) is 21.8. The van der Waals surface area contributed by atoms with Crippen molar-refractivity contribution >= 4 is 48.6 Å². The summed E-state index contributed by atoms with van der Waals surface area (Å²) in [6.45, 7) is 9.45. The third-order valence-electron chi connectivity index (χ3n) is 13.9. The van der Waals surface area contributed by atoms with Gasteiger partial charge in [0.25, 0.3) is 0 Å². The summed E-state index contributed by atoms with van der Waals surface area (Å²) in [4.78, 5) is 2.48. The van der Waals surface area contributed by atoms with E-state index in [0.717, 1.165) is 17.1 Å². The third-order valence-corrected chi connectivity index (χ3v) is 15.1. The summed E-state index contributed by atoms with van der Waals surface area (Å²) in [6.07, 6.45) is 0. The van der Waals surface area contributed by atoms with E-state index >= 15 is 0 Å². The largest absolute Gasteiger partial charge is 0.310 e. The minimum atomic E-state index is -0.133. The monoisotopic (exact) mass is 811 g/mol. The van der Waals surface area contributed by atoms with Crippen LogP contribution in [0.2, 0.25) is 0 Å². The molecule has 9 aromatic carbocycles. The Bertz CT molecular complexity index is 3420. The van der Waals surface area contributed by atoms with E-state index in [1.807, 2.05) is 11.3 Å². The average molecular weight is 812 g/mol. The van der Waals surface area contributed by atoms with Crippen molar-refractivity contribution < 1.29 is 0 Å². The van der Waals surface area contributed by atoms with Crippen LogP contribution in [0.5, 0.6) is 0 Å². The van der Waals surface area contributed by atoms with Crippen molar-refractivity contribution in [3.63, 3.8) is 0 Å². The van der Waals surface area contributed by atoms with Crippen molar-refractivity contribution in [2.75, 3.05) is 4.90 Å². The molecule has 2 aliphatic carbocycles. The lowest BCUT2D eigenvalue weighted by molar-refractivity contribution is 0.660. The van der Waals surface area contributed by atoms with E-state index < -0.39 is 0 Å². The Morgan fingerprint density at radius 2 is 0.871 bits per heavy atom. The van der Waals surface area contributed by atoms with Crippen LogP contribution in [0, 0.1) is 0 Å². The molecule has 0 fully saturated rings. The summed E-state index contributed by atoms with van der Waals surface area (Å²) >= 11 is 1.87. The van der Waals surface area contributed by atoms with Crippen LogP contribution >= 0.6 is 11.3 Å². The van der Waals surface area contributed by atoms with Gasteiger partial charge in [-0.2, -0.15) is 0 Å². The van der Waals surface area contributed by atoms with Crippen LogP contribution in [0.15, 0.2) is 200 Å². The summed E-state index contributed by atoms with van der Waals surface area (Å²) in [5.41, 5.74) is 21.4. The molecule has 0 bridgehead atoms. The molecule has 296 valence electrons. The second kappa shape index (κ2) is 13.8. The normalized spacial score (nSPS) is 14.1. The fourth-order valence-corrected chi connectivity index (χ4v) is 11.9. The summed E-state index contributed by atoms with van der Waals surface area (Å²) in [7, 11) is 0. The number of rotatable bonds is 6. The molecule has 0 aliphatic heterocycles. The van der Waals surface area contributed by atoms with Gasteiger partial charge in [-0.15, -0.1) is 11.3 Å². The van der Waals surface area contributed by atoms with Crippen molar-refractivity contribution in [3.05, 3.63) is 222 Å². The molecule has 1 heterocycles. The predicted molar refractivity (Wildman–Crippen MR) is 265 cm³/mol. The van der Waals surface area contributed by atoms with E-state index in [1.165, 1.54) is 98.1 Å². The van der Waals surface area contributed by atoms with Crippen LogP contribution in [0.1, 0.15) is 49.9 Å². The van der Waals surface area contributed by atoms with Crippen LogP contribution in [-0.4, -0.2) is 0 Å². The van der Waals surface area contributed by atoms with E-state index in [-0.39, 0.29) is 10.8 Å². The van der Waals surface area contributed by atoms with E-state index in [0.29, 0.717) is 0 Å². The van der Waals surface area contributed by atoms with Crippen molar-refractivity contribution in [2.24, 2.45) is 0 Å². The molecule has 0 amide bonds. The number of para-hydroxylation sites is 1. The molecule has 0 radical (unpaired) electrons. The zero-order valence-corrected chi connectivity index (χ0v) is 36.2. The smallest absolute Gasteiger partial charge is 0.0540 e. The minimum Gasteiger partial charge on any atom is -0.310 e. The molecule has 0 saturated carbocycles. The summed E-state index contributed by atoms with van der Waals surface area (Å²) < 4.78 is 2.64. The lowest BCUT2D eigenvalue weighted by Gasteiger charge is -2.30. The van der Waals surface area contributed by atoms with Gasteiger partial charge in [-0.1, -0.05) is 179 Å². The SMILES string of the molecule is CC1(C)c2ccccc2-c2cc(-c3ccccc3-c3ccccc3N(c3ccc(-c4cccc5sc6ccccc6c45)cc3)c3ccc4c(c3)C(C)(C)c3ccccc3-4)ccc21.